The average Bonchev–Trinajstić information content (AvgIpc) is 2.12. The molecule has 15 heavy (non-hydrogen) atoms. The maximum absolute atomic E-state index is 13.3. The largest absolute Gasteiger partial charge is 0.493 e. The van der Waals surface area contributed by atoms with E-state index in [2.05, 4.69) is 15.9 Å². The van der Waals surface area contributed by atoms with Gasteiger partial charge in [0, 0.05) is 17.7 Å². The lowest BCUT2D eigenvalue weighted by Crippen LogP contribution is -2.02. The van der Waals surface area contributed by atoms with Crippen molar-refractivity contribution in [2.45, 2.75) is 4.90 Å². The fraction of sp³-hybridized carbons (Fsp3) is 0.333. The summed E-state index contributed by atoms with van der Waals surface area (Å²) in [7, 11) is -3.51. The maximum Gasteiger partial charge on any atom is 0.178 e. The summed E-state index contributed by atoms with van der Waals surface area (Å²) in [5.74, 6) is -0.469. The van der Waals surface area contributed by atoms with Gasteiger partial charge in [-0.2, -0.15) is 0 Å². The van der Waals surface area contributed by atoms with Crippen LogP contribution in [0.5, 0.6) is 5.75 Å². The highest BCUT2D eigenvalue weighted by molar-refractivity contribution is 9.09. The van der Waals surface area contributed by atoms with Crippen LogP contribution in [0.25, 0.3) is 0 Å². The van der Waals surface area contributed by atoms with Crippen LogP contribution in [0.3, 0.4) is 0 Å². The van der Waals surface area contributed by atoms with Crippen molar-refractivity contribution < 1.29 is 17.5 Å². The van der Waals surface area contributed by atoms with Crippen LogP contribution in [0.4, 0.5) is 4.39 Å². The number of hydrogen-bond donors (Lipinski definition) is 0. The molecule has 0 aliphatic heterocycles. The summed E-state index contributed by atoms with van der Waals surface area (Å²) in [5.41, 5.74) is 0. The second kappa shape index (κ2) is 4.94. The Morgan fingerprint density at radius 1 is 1.47 bits per heavy atom. The molecule has 0 aromatic heterocycles. The molecule has 0 N–H and O–H groups in total. The van der Waals surface area contributed by atoms with E-state index in [0.717, 1.165) is 12.3 Å². The van der Waals surface area contributed by atoms with Crippen LogP contribution < -0.4 is 4.74 Å². The minimum absolute atomic E-state index is 0.311. The molecule has 0 radical (unpaired) electrons. The van der Waals surface area contributed by atoms with E-state index in [9.17, 15) is 12.8 Å². The van der Waals surface area contributed by atoms with Gasteiger partial charge in [0.05, 0.1) is 6.61 Å². The molecule has 1 rings (SSSR count). The predicted octanol–water partition coefficient (Wildman–Crippen LogP) is 2.00. The molecule has 0 saturated carbocycles. The summed E-state index contributed by atoms with van der Waals surface area (Å²) in [6.07, 6.45) is 0.963. The Bertz CT molecular complexity index is 445. The van der Waals surface area contributed by atoms with Crippen LogP contribution in [-0.2, 0) is 9.84 Å². The molecule has 0 saturated heterocycles. The lowest BCUT2D eigenvalue weighted by Gasteiger charge is -2.05. The van der Waals surface area contributed by atoms with Crippen LogP contribution in [0.2, 0.25) is 0 Å². The second-order valence-corrected chi connectivity index (χ2v) is 5.68. The number of sulfone groups is 1. The summed E-state index contributed by atoms with van der Waals surface area (Å²) >= 11 is 3.16. The quantitative estimate of drug-likeness (QED) is 0.798. The predicted molar refractivity (Wildman–Crippen MR) is 58.8 cm³/mol. The minimum atomic E-state index is -3.51. The van der Waals surface area contributed by atoms with Gasteiger partial charge in [-0.25, -0.2) is 12.8 Å². The first-order valence-electron chi connectivity index (χ1n) is 4.13. The Balaban J connectivity index is 2.99. The zero-order valence-corrected chi connectivity index (χ0v) is 10.4. The van der Waals surface area contributed by atoms with Crippen LogP contribution in [0.15, 0.2) is 23.1 Å². The normalized spacial score (nSPS) is 11.4. The maximum atomic E-state index is 13.3. The van der Waals surface area contributed by atoms with E-state index < -0.39 is 15.7 Å². The van der Waals surface area contributed by atoms with E-state index in [1.54, 1.807) is 0 Å². The third-order valence-corrected chi connectivity index (χ3v) is 3.10. The molecule has 1 aromatic carbocycles. The van der Waals surface area contributed by atoms with E-state index in [0.29, 0.717) is 17.7 Å². The molecule has 6 heteroatoms. The summed E-state index contributed by atoms with van der Waals surface area (Å²) < 4.78 is 40.6. The minimum Gasteiger partial charge on any atom is -0.493 e. The second-order valence-electron chi connectivity index (χ2n) is 2.90. The van der Waals surface area contributed by atoms with Gasteiger partial charge in [0.25, 0.3) is 0 Å². The lowest BCUT2D eigenvalue weighted by atomic mass is 10.3. The highest BCUT2D eigenvalue weighted by Gasteiger charge is 2.13. The third kappa shape index (κ3) is 3.46. The summed E-state index contributed by atoms with van der Waals surface area (Å²) in [5, 5.41) is 0.627. The Hall–Kier alpha value is -0.620. The highest BCUT2D eigenvalue weighted by Crippen LogP contribution is 2.20. The standard InChI is InChI=1S/C9H10BrFO3S/c1-15(12,13)9-3-2-7(6-8(9)11)14-5-4-10/h2-3,6H,4-5H2,1H3. The van der Waals surface area contributed by atoms with Crippen molar-refractivity contribution in [2.24, 2.45) is 0 Å². The number of benzene rings is 1. The van der Waals surface area contributed by atoms with E-state index >= 15 is 0 Å². The lowest BCUT2D eigenvalue weighted by molar-refractivity contribution is 0.342. The zero-order valence-electron chi connectivity index (χ0n) is 8.04. The molecule has 0 spiro atoms. The van der Waals surface area contributed by atoms with Gasteiger partial charge in [0.15, 0.2) is 9.84 Å². The van der Waals surface area contributed by atoms with Crippen LogP contribution in [0.1, 0.15) is 0 Å². The molecule has 0 amide bonds. The molecule has 1 aromatic rings. The first kappa shape index (κ1) is 12.4. The SMILES string of the molecule is CS(=O)(=O)c1ccc(OCCBr)cc1F. The van der Waals surface area contributed by atoms with Crippen molar-refractivity contribution in [3.05, 3.63) is 24.0 Å². The van der Waals surface area contributed by atoms with Crippen molar-refractivity contribution >= 4 is 25.8 Å². The first-order chi connectivity index (χ1) is 6.95. The van der Waals surface area contributed by atoms with Crippen LogP contribution >= 0.6 is 15.9 Å². The van der Waals surface area contributed by atoms with Crippen LogP contribution in [0, 0.1) is 5.82 Å². The Labute approximate surface area is 96.3 Å². The van der Waals surface area contributed by atoms with Crippen molar-refractivity contribution in [1.82, 2.24) is 0 Å². The number of rotatable bonds is 4. The Kier molecular flexibility index (Phi) is 4.10. The molecule has 0 bridgehead atoms. The Morgan fingerprint density at radius 2 is 2.13 bits per heavy atom. The smallest absolute Gasteiger partial charge is 0.178 e. The Morgan fingerprint density at radius 3 is 2.60 bits per heavy atom. The molecule has 0 atom stereocenters. The number of ether oxygens (including phenoxy) is 1. The van der Waals surface area contributed by atoms with E-state index in [4.69, 9.17) is 4.74 Å². The van der Waals surface area contributed by atoms with Gasteiger partial charge in [-0.05, 0) is 12.1 Å². The fourth-order valence-corrected chi connectivity index (χ4v) is 1.92. The van der Waals surface area contributed by atoms with Gasteiger partial charge in [-0.3, -0.25) is 0 Å². The van der Waals surface area contributed by atoms with Gasteiger partial charge >= 0.3 is 0 Å². The zero-order chi connectivity index (χ0) is 11.5. The summed E-state index contributed by atoms with van der Waals surface area (Å²) in [6, 6.07) is 3.70. The van der Waals surface area contributed by atoms with Crippen molar-refractivity contribution in [3.8, 4) is 5.75 Å². The molecule has 0 aliphatic rings. The van der Waals surface area contributed by atoms with Crippen molar-refractivity contribution in [1.29, 1.82) is 0 Å². The summed E-state index contributed by atoms with van der Waals surface area (Å²) in [6.45, 7) is 0.400. The molecule has 0 fully saturated rings. The van der Waals surface area contributed by atoms with Gasteiger partial charge in [0.2, 0.25) is 0 Å². The summed E-state index contributed by atoms with van der Waals surface area (Å²) in [4.78, 5) is -0.311. The molecule has 0 unspecified atom stereocenters. The fourth-order valence-electron chi connectivity index (χ4n) is 1.03. The van der Waals surface area contributed by atoms with Gasteiger partial charge in [-0.1, -0.05) is 15.9 Å². The number of hydrogen-bond acceptors (Lipinski definition) is 3. The molecule has 0 aliphatic carbocycles. The molecular formula is C9H10BrFO3S. The first-order valence-corrected chi connectivity index (χ1v) is 7.15. The van der Waals surface area contributed by atoms with Gasteiger partial charge in [0.1, 0.15) is 16.5 Å². The van der Waals surface area contributed by atoms with E-state index in [1.807, 2.05) is 0 Å². The van der Waals surface area contributed by atoms with Gasteiger partial charge < -0.3 is 4.74 Å². The topological polar surface area (TPSA) is 43.4 Å². The highest BCUT2D eigenvalue weighted by atomic mass is 79.9. The van der Waals surface area contributed by atoms with Crippen molar-refractivity contribution in [3.63, 3.8) is 0 Å². The molecule has 0 heterocycles. The van der Waals surface area contributed by atoms with Crippen LogP contribution in [-0.4, -0.2) is 26.6 Å². The molecule has 3 nitrogen and oxygen atoms in total. The molecule has 84 valence electrons. The van der Waals surface area contributed by atoms with Gasteiger partial charge in [-0.15, -0.1) is 0 Å². The number of halogens is 2. The third-order valence-electron chi connectivity index (χ3n) is 1.65. The monoisotopic (exact) mass is 296 g/mol. The van der Waals surface area contributed by atoms with Crippen molar-refractivity contribution in [2.75, 3.05) is 18.2 Å². The van der Waals surface area contributed by atoms with E-state index in [-0.39, 0.29) is 4.90 Å². The average molecular weight is 297 g/mol. The molecular weight excluding hydrogens is 287 g/mol. The number of alkyl halides is 1. The van der Waals surface area contributed by atoms with E-state index in [1.165, 1.54) is 12.1 Å².